The van der Waals surface area contributed by atoms with Gasteiger partial charge in [-0.3, -0.25) is 0 Å². The molecule has 2 aliphatic rings. The van der Waals surface area contributed by atoms with Gasteiger partial charge >= 0.3 is 17.1 Å². The van der Waals surface area contributed by atoms with Crippen molar-refractivity contribution in [1.29, 1.82) is 0 Å². The Morgan fingerprint density at radius 1 is 0.943 bits per heavy atom. The summed E-state index contributed by atoms with van der Waals surface area (Å²) < 4.78 is 29.3. The Bertz CT molecular complexity index is 1050. The van der Waals surface area contributed by atoms with Crippen LogP contribution in [0.3, 0.4) is 0 Å². The molecule has 0 bridgehead atoms. The van der Waals surface area contributed by atoms with Gasteiger partial charge in [-0.25, -0.2) is 4.98 Å². The van der Waals surface area contributed by atoms with Gasteiger partial charge in [0.1, 0.15) is 18.3 Å². The lowest BCUT2D eigenvalue weighted by Gasteiger charge is -2.51. The van der Waals surface area contributed by atoms with Crippen molar-refractivity contribution in [2.75, 3.05) is 6.61 Å². The summed E-state index contributed by atoms with van der Waals surface area (Å²) >= 11 is 12.5. The van der Waals surface area contributed by atoms with E-state index in [2.05, 4.69) is 60.4 Å². The van der Waals surface area contributed by atoms with Crippen molar-refractivity contribution in [3.8, 4) is 0 Å². The van der Waals surface area contributed by atoms with Gasteiger partial charge in [-0.2, -0.15) is 0 Å². The molecule has 11 heteroatoms. The zero-order valence-corrected chi connectivity index (χ0v) is 25.3. The van der Waals surface area contributed by atoms with E-state index >= 15 is 0 Å². The lowest BCUT2D eigenvalue weighted by atomic mass is 10.1. The van der Waals surface area contributed by atoms with E-state index in [0.717, 1.165) is 5.52 Å². The second-order valence-electron chi connectivity index (χ2n) is 11.0. The summed E-state index contributed by atoms with van der Waals surface area (Å²) in [7, 11) is -5.54. The third-order valence-electron chi connectivity index (χ3n) is 7.53. The molecule has 3 heterocycles. The first-order valence-corrected chi connectivity index (χ1v) is 17.2. The van der Waals surface area contributed by atoms with Crippen LogP contribution in [0.2, 0.25) is 32.2 Å². The Morgan fingerprint density at radius 3 is 2.09 bits per heavy atom. The number of ether oxygens (including phenoxy) is 1. The van der Waals surface area contributed by atoms with Crippen molar-refractivity contribution < 1.29 is 22.8 Å². The zero-order valence-electron chi connectivity index (χ0n) is 21.8. The van der Waals surface area contributed by atoms with E-state index in [-0.39, 0.29) is 22.2 Å². The van der Waals surface area contributed by atoms with E-state index in [1.54, 1.807) is 23.0 Å². The second kappa shape index (κ2) is 10.00. The molecular weight excluding hydrogens is 523 g/mol. The van der Waals surface area contributed by atoms with Crippen LogP contribution in [0.15, 0.2) is 18.5 Å². The van der Waals surface area contributed by atoms with Gasteiger partial charge in [0.25, 0.3) is 0 Å². The molecule has 1 N–H and O–H groups in total. The average Bonchev–Trinajstić information content (AvgIpc) is 3.28. The zero-order chi connectivity index (χ0) is 25.9. The topological polar surface area (TPSA) is 75.0 Å². The van der Waals surface area contributed by atoms with Gasteiger partial charge in [0.2, 0.25) is 0 Å². The number of fused-ring (bicyclic) bond motifs is 2. The number of nitrogens with zero attached hydrogens (tertiary/aromatic N) is 2. The maximum Gasteiger partial charge on any atom is 0.335 e. The van der Waals surface area contributed by atoms with Crippen LogP contribution in [0.1, 0.15) is 61.6 Å². The number of hydrogen-bond acceptors (Lipinski definition) is 6. The largest absolute Gasteiger partial charge is 0.414 e. The Balaban J connectivity index is 1.77. The molecule has 0 unspecified atom stereocenters. The molecule has 0 saturated carbocycles. The summed E-state index contributed by atoms with van der Waals surface area (Å²) in [5.74, 6) is 0. The molecule has 0 aliphatic carbocycles. The first-order chi connectivity index (χ1) is 16.3. The molecule has 1 aromatic carbocycles. The summed E-state index contributed by atoms with van der Waals surface area (Å²) in [6, 6.07) is 3.47. The fourth-order valence-corrected chi connectivity index (χ4v) is 17.1. The monoisotopic (exact) mass is 560 g/mol. The van der Waals surface area contributed by atoms with Crippen molar-refractivity contribution >= 4 is 51.4 Å². The highest BCUT2D eigenvalue weighted by Gasteiger charge is 2.61. The van der Waals surface area contributed by atoms with Crippen LogP contribution in [0.4, 0.5) is 0 Å². The van der Waals surface area contributed by atoms with E-state index < -0.39 is 41.7 Å². The SMILES string of the molecule is CC(C)[Si]1(C(C)C)OC[C@H]2O[C@@H](n3cnc4cc(Cl)c(Cl)cc43)[C@@H](O)[C@H]2O[Si](C(C)C)(C(C)C)O1. The van der Waals surface area contributed by atoms with Crippen molar-refractivity contribution in [2.24, 2.45) is 0 Å². The predicted molar refractivity (Wildman–Crippen MR) is 143 cm³/mol. The van der Waals surface area contributed by atoms with Gasteiger partial charge in [0, 0.05) is 0 Å². The van der Waals surface area contributed by atoms with Crippen molar-refractivity contribution in [2.45, 2.75) is 102 Å². The highest BCUT2D eigenvalue weighted by atomic mass is 35.5. The number of hydrogen-bond donors (Lipinski definition) is 1. The van der Waals surface area contributed by atoms with Gasteiger partial charge in [0.15, 0.2) is 6.23 Å². The van der Waals surface area contributed by atoms with Crippen LogP contribution in [-0.2, 0) is 17.7 Å². The lowest BCUT2D eigenvalue weighted by Crippen LogP contribution is -2.65. The summed E-state index contributed by atoms with van der Waals surface area (Å²) in [5, 5.41) is 12.4. The highest BCUT2D eigenvalue weighted by molar-refractivity contribution is 6.84. The third kappa shape index (κ3) is 4.55. The van der Waals surface area contributed by atoms with E-state index in [0.29, 0.717) is 22.2 Å². The predicted octanol–water partition coefficient (Wildman–Crippen LogP) is 6.56. The van der Waals surface area contributed by atoms with Crippen molar-refractivity contribution in [3.63, 3.8) is 0 Å². The number of imidazole rings is 1. The number of benzene rings is 1. The van der Waals surface area contributed by atoms with Crippen LogP contribution in [0.5, 0.6) is 0 Å². The van der Waals surface area contributed by atoms with E-state index in [9.17, 15) is 5.11 Å². The van der Waals surface area contributed by atoms with E-state index in [4.69, 9.17) is 40.9 Å². The molecule has 4 rings (SSSR count). The molecule has 2 aromatic rings. The molecule has 7 nitrogen and oxygen atoms in total. The number of aromatic nitrogens is 2. The fourth-order valence-electron chi connectivity index (χ4n) is 5.59. The summed E-state index contributed by atoms with van der Waals surface area (Å²) in [4.78, 5) is 4.46. The van der Waals surface area contributed by atoms with E-state index in [1.807, 2.05) is 0 Å². The molecule has 2 saturated heterocycles. The standard InChI is InChI=1S/C24H38Cl2N2O5Si2/c1-13(2)34(14(3)4)30-11-21-23(32-35(33-34,15(5)6)16(7)8)22(29)24(31-21)28-12-27-19-9-17(25)18(26)10-20(19)28/h9-10,12-16,21-24,29H,11H2,1-8H3/t21-,22+,23+,24-/m1/s1. The molecule has 35 heavy (non-hydrogen) atoms. The Hall–Kier alpha value is -0.496. The smallest absolute Gasteiger partial charge is 0.335 e. The molecule has 0 amide bonds. The lowest BCUT2D eigenvalue weighted by molar-refractivity contribution is -0.0568. The Labute approximate surface area is 220 Å². The Kier molecular flexibility index (Phi) is 7.87. The van der Waals surface area contributed by atoms with Crippen LogP contribution < -0.4 is 0 Å². The van der Waals surface area contributed by atoms with Gasteiger partial charge in [-0.1, -0.05) is 78.6 Å². The normalized spacial score (nSPS) is 28.8. The fraction of sp³-hybridized carbons (Fsp3) is 0.708. The van der Waals surface area contributed by atoms with E-state index in [1.165, 1.54) is 0 Å². The summed E-state index contributed by atoms with van der Waals surface area (Å²) in [6.45, 7) is 17.7. The summed E-state index contributed by atoms with van der Waals surface area (Å²) in [6.07, 6.45) is -1.00. The minimum Gasteiger partial charge on any atom is -0.414 e. The van der Waals surface area contributed by atoms with Crippen LogP contribution in [0, 0.1) is 0 Å². The quantitative estimate of drug-likeness (QED) is 0.417. The number of aliphatic hydroxyl groups excluding tert-OH is 1. The highest BCUT2D eigenvalue weighted by Crippen LogP contribution is 2.48. The molecule has 1 aromatic heterocycles. The number of halogens is 2. The number of rotatable bonds is 5. The molecule has 4 atom stereocenters. The van der Waals surface area contributed by atoms with Gasteiger partial charge in [0.05, 0.1) is 34.0 Å². The molecule has 0 radical (unpaired) electrons. The first-order valence-electron chi connectivity index (χ1n) is 12.5. The molecule has 2 fully saturated rings. The summed E-state index contributed by atoms with van der Waals surface area (Å²) in [5.41, 5.74) is 2.21. The molecule has 196 valence electrons. The van der Waals surface area contributed by atoms with Gasteiger partial charge in [-0.15, -0.1) is 0 Å². The first kappa shape index (κ1) is 27.5. The van der Waals surface area contributed by atoms with Crippen LogP contribution in [0.25, 0.3) is 11.0 Å². The van der Waals surface area contributed by atoms with Crippen LogP contribution >= 0.6 is 23.2 Å². The van der Waals surface area contributed by atoms with Crippen molar-refractivity contribution in [3.05, 3.63) is 28.5 Å². The average molecular weight is 562 g/mol. The van der Waals surface area contributed by atoms with Crippen LogP contribution in [-0.4, -0.2) is 56.7 Å². The minimum atomic E-state index is -2.86. The van der Waals surface area contributed by atoms with Crippen molar-refractivity contribution in [1.82, 2.24) is 9.55 Å². The third-order valence-corrected chi connectivity index (χ3v) is 18.5. The maximum absolute atomic E-state index is 11.6. The second-order valence-corrected chi connectivity index (χ2v) is 20.7. The Morgan fingerprint density at radius 2 is 1.51 bits per heavy atom. The van der Waals surface area contributed by atoms with Gasteiger partial charge < -0.3 is 27.4 Å². The van der Waals surface area contributed by atoms with Gasteiger partial charge in [-0.05, 0) is 34.3 Å². The molecular formula is C24H38Cl2N2O5Si2. The molecule has 0 spiro atoms. The number of aliphatic hydroxyl groups is 1. The minimum absolute atomic E-state index is 0.162. The molecule has 2 aliphatic heterocycles. The maximum atomic E-state index is 11.6.